The van der Waals surface area contributed by atoms with E-state index in [4.69, 9.17) is 4.52 Å². The van der Waals surface area contributed by atoms with E-state index in [9.17, 15) is 4.79 Å². The largest absolute Gasteiger partial charge is 0.340 e. The van der Waals surface area contributed by atoms with Gasteiger partial charge in [0.05, 0.1) is 11.3 Å². The normalized spacial score (nSPS) is 10.6. The van der Waals surface area contributed by atoms with Crippen LogP contribution in [0, 0.1) is 6.92 Å². The van der Waals surface area contributed by atoms with Crippen molar-refractivity contribution >= 4 is 39.3 Å². The Kier molecular flexibility index (Phi) is 5.32. The fraction of sp³-hybridized carbons (Fsp3) is 0.118. The number of hydrogen-bond donors (Lipinski definition) is 1. The van der Waals surface area contributed by atoms with Gasteiger partial charge in [0.1, 0.15) is 0 Å². The van der Waals surface area contributed by atoms with Gasteiger partial charge in [0.15, 0.2) is 5.82 Å². The average Bonchev–Trinajstić information content (AvgIpc) is 3.01. The van der Waals surface area contributed by atoms with E-state index >= 15 is 0 Å². The number of benzene rings is 2. The average molecular weight is 404 g/mol. The van der Waals surface area contributed by atoms with Crippen LogP contribution in [0.15, 0.2) is 62.4 Å². The Labute approximate surface area is 152 Å². The molecule has 1 N–H and O–H groups in total. The Bertz CT molecular complexity index is 849. The van der Waals surface area contributed by atoms with Gasteiger partial charge in [0, 0.05) is 22.0 Å². The molecule has 0 saturated carbocycles. The van der Waals surface area contributed by atoms with Crippen molar-refractivity contribution in [3.8, 4) is 0 Å². The number of nitrogens with one attached hydrogen (secondary N) is 1. The monoisotopic (exact) mass is 403 g/mol. The predicted molar refractivity (Wildman–Crippen MR) is 97.1 cm³/mol. The molecule has 0 radical (unpaired) electrons. The number of nitrogens with zero attached hydrogens (tertiary/aromatic N) is 2. The Morgan fingerprint density at radius 1 is 1.21 bits per heavy atom. The van der Waals surface area contributed by atoms with Gasteiger partial charge in [-0.05, 0) is 36.4 Å². The molecule has 2 aromatic carbocycles. The summed E-state index contributed by atoms with van der Waals surface area (Å²) in [5, 5.41) is 6.77. The summed E-state index contributed by atoms with van der Waals surface area (Å²) in [6.07, 6.45) is 0. The third-order valence-electron chi connectivity index (χ3n) is 3.16. The zero-order valence-electron chi connectivity index (χ0n) is 12.8. The Hall–Kier alpha value is -2.12. The first-order chi connectivity index (χ1) is 11.6. The van der Waals surface area contributed by atoms with E-state index in [2.05, 4.69) is 31.4 Å². The summed E-state index contributed by atoms with van der Waals surface area (Å²) in [5.41, 5.74) is 1.36. The second-order valence-corrected chi connectivity index (χ2v) is 6.91. The number of rotatable bonds is 5. The molecule has 0 aliphatic heterocycles. The van der Waals surface area contributed by atoms with Crippen LogP contribution in [0.25, 0.3) is 0 Å². The fourth-order valence-electron chi connectivity index (χ4n) is 2.05. The van der Waals surface area contributed by atoms with Crippen LogP contribution in [0.1, 0.15) is 22.1 Å². The van der Waals surface area contributed by atoms with Crippen molar-refractivity contribution in [1.82, 2.24) is 10.1 Å². The Morgan fingerprint density at radius 3 is 2.67 bits per heavy atom. The molecule has 0 aliphatic carbocycles. The van der Waals surface area contributed by atoms with E-state index in [0.717, 1.165) is 15.1 Å². The van der Waals surface area contributed by atoms with Crippen LogP contribution in [0.2, 0.25) is 0 Å². The lowest BCUT2D eigenvalue weighted by Gasteiger charge is -2.09. The first kappa shape index (κ1) is 16.7. The predicted octanol–water partition coefficient (Wildman–Crippen LogP) is 4.69. The smallest absolute Gasteiger partial charge is 0.256 e. The van der Waals surface area contributed by atoms with Gasteiger partial charge < -0.3 is 9.84 Å². The summed E-state index contributed by atoms with van der Waals surface area (Å²) in [6, 6.07) is 14.9. The maximum atomic E-state index is 12.5. The SMILES string of the molecule is Cc1nc(CSc2ccccc2C(=O)Nc2ccc(Br)cc2)no1. The highest BCUT2D eigenvalue weighted by Crippen LogP contribution is 2.26. The minimum atomic E-state index is -0.148. The number of carbonyl (C=O) groups excluding carboxylic acids is 1. The maximum Gasteiger partial charge on any atom is 0.256 e. The lowest BCUT2D eigenvalue weighted by atomic mass is 10.2. The van der Waals surface area contributed by atoms with Crippen LogP contribution in [-0.2, 0) is 5.75 Å². The maximum absolute atomic E-state index is 12.5. The molecule has 0 saturated heterocycles. The van der Waals surface area contributed by atoms with E-state index in [0.29, 0.717) is 23.0 Å². The van der Waals surface area contributed by atoms with E-state index in [1.54, 1.807) is 13.0 Å². The highest BCUT2D eigenvalue weighted by molar-refractivity contribution is 9.10. The second-order valence-electron chi connectivity index (χ2n) is 4.98. The number of carbonyl (C=O) groups is 1. The van der Waals surface area contributed by atoms with E-state index in [-0.39, 0.29) is 5.91 Å². The fourth-order valence-corrected chi connectivity index (χ4v) is 3.21. The van der Waals surface area contributed by atoms with E-state index in [1.807, 2.05) is 42.5 Å². The molecule has 3 aromatic rings. The standard InChI is InChI=1S/C17H14BrN3O2S/c1-11-19-16(21-23-11)10-24-15-5-3-2-4-14(15)17(22)20-13-8-6-12(18)7-9-13/h2-9H,10H2,1H3,(H,20,22). The van der Waals surface area contributed by atoms with Crippen molar-refractivity contribution in [3.63, 3.8) is 0 Å². The van der Waals surface area contributed by atoms with Gasteiger partial charge in [-0.3, -0.25) is 4.79 Å². The molecule has 1 amide bonds. The van der Waals surface area contributed by atoms with Crippen LogP contribution in [0.5, 0.6) is 0 Å². The molecule has 24 heavy (non-hydrogen) atoms. The molecule has 7 heteroatoms. The molecule has 0 bridgehead atoms. The van der Waals surface area contributed by atoms with Crippen LogP contribution in [0.3, 0.4) is 0 Å². The molecule has 0 atom stereocenters. The van der Waals surface area contributed by atoms with Crippen LogP contribution in [0.4, 0.5) is 5.69 Å². The third-order valence-corrected chi connectivity index (χ3v) is 4.76. The number of anilines is 1. The molecule has 0 spiro atoms. The molecule has 0 aliphatic rings. The number of aryl methyl sites for hydroxylation is 1. The van der Waals surface area contributed by atoms with Crippen molar-refractivity contribution in [2.24, 2.45) is 0 Å². The number of aromatic nitrogens is 2. The van der Waals surface area contributed by atoms with Gasteiger partial charge in [0.2, 0.25) is 5.89 Å². The summed E-state index contributed by atoms with van der Waals surface area (Å²) >= 11 is 4.88. The molecule has 0 fully saturated rings. The van der Waals surface area contributed by atoms with Crippen LogP contribution >= 0.6 is 27.7 Å². The quantitative estimate of drug-likeness (QED) is 0.626. The Morgan fingerprint density at radius 2 is 1.96 bits per heavy atom. The Balaban J connectivity index is 1.72. The minimum Gasteiger partial charge on any atom is -0.340 e. The number of thioether (sulfide) groups is 1. The first-order valence-electron chi connectivity index (χ1n) is 7.20. The zero-order chi connectivity index (χ0) is 16.9. The summed E-state index contributed by atoms with van der Waals surface area (Å²) in [7, 11) is 0. The highest BCUT2D eigenvalue weighted by atomic mass is 79.9. The molecular formula is C17H14BrN3O2S. The number of hydrogen-bond acceptors (Lipinski definition) is 5. The van der Waals surface area contributed by atoms with Crippen molar-refractivity contribution in [3.05, 3.63) is 70.3 Å². The van der Waals surface area contributed by atoms with Crippen molar-refractivity contribution in [2.45, 2.75) is 17.6 Å². The van der Waals surface area contributed by atoms with Crippen LogP contribution in [-0.4, -0.2) is 16.0 Å². The first-order valence-corrected chi connectivity index (χ1v) is 8.97. The lowest BCUT2D eigenvalue weighted by molar-refractivity contribution is 0.102. The van der Waals surface area contributed by atoms with Gasteiger partial charge >= 0.3 is 0 Å². The van der Waals surface area contributed by atoms with Crippen LogP contribution < -0.4 is 5.32 Å². The van der Waals surface area contributed by atoms with Gasteiger partial charge in [-0.1, -0.05) is 33.2 Å². The van der Waals surface area contributed by atoms with Gasteiger partial charge in [-0.25, -0.2) is 0 Å². The van der Waals surface area contributed by atoms with Crippen molar-refractivity contribution in [2.75, 3.05) is 5.32 Å². The highest BCUT2D eigenvalue weighted by Gasteiger charge is 2.13. The number of halogens is 1. The van der Waals surface area contributed by atoms with Crippen molar-refractivity contribution in [1.29, 1.82) is 0 Å². The third kappa shape index (κ3) is 4.24. The summed E-state index contributed by atoms with van der Waals surface area (Å²) in [6.45, 7) is 1.75. The number of amides is 1. The van der Waals surface area contributed by atoms with Gasteiger partial charge in [-0.2, -0.15) is 4.98 Å². The lowest BCUT2D eigenvalue weighted by Crippen LogP contribution is -2.12. The molecule has 1 heterocycles. The molecular weight excluding hydrogens is 390 g/mol. The topological polar surface area (TPSA) is 68.0 Å². The summed E-state index contributed by atoms with van der Waals surface area (Å²) < 4.78 is 5.93. The van der Waals surface area contributed by atoms with Gasteiger partial charge in [-0.15, -0.1) is 11.8 Å². The molecule has 1 aromatic heterocycles. The van der Waals surface area contributed by atoms with Gasteiger partial charge in [0.25, 0.3) is 5.91 Å². The molecule has 0 unspecified atom stereocenters. The minimum absolute atomic E-state index is 0.148. The van der Waals surface area contributed by atoms with Crippen molar-refractivity contribution < 1.29 is 9.32 Å². The van der Waals surface area contributed by atoms with E-state index in [1.165, 1.54) is 11.8 Å². The molecule has 122 valence electrons. The van der Waals surface area contributed by atoms with E-state index < -0.39 is 0 Å². The molecule has 3 rings (SSSR count). The second kappa shape index (κ2) is 7.63. The summed E-state index contributed by atoms with van der Waals surface area (Å²) in [4.78, 5) is 17.6. The zero-order valence-corrected chi connectivity index (χ0v) is 15.2. The molecule has 5 nitrogen and oxygen atoms in total. The summed E-state index contributed by atoms with van der Waals surface area (Å²) in [5.74, 6) is 1.54.